The molecule has 16 heavy (non-hydrogen) atoms. The highest BCUT2D eigenvalue weighted by Crippen LogP contribution is 2.19. The van der Waals surface area contributed by atoms with Gasteiger partial charge in [-0.1, -0.05) is 6.92 Å². The summed E-state index contributed by atoms with van der Waals surface area (Å²) >= 11 is 1.65. The zero-order valence-corrected chi connectivity index (χ0v) is 10.8. The summed E-state index contributed by atoms with van der Waals surface area (Å²) < 4.78 is 4.59. The van der Waals surface area contributed by atoms with Gasteiger partial charge in [0.1, 0.15) is 0 Å². The number of hydrogen-bond acceptors (Lipinski definition) is 5. The summed E-state index contributed by atoms with van der Waals surface area (Å²) in [5.41, 5.74) is 1.12. The van der Waals surface area contributed by atoms with Crippen molar-refractivity contribution in [1.82, 2.24) is 4.98 Å². The van der Waals surface area contributed by atoms with Crippen LogP contribution in [0, 0.1) is 0 Å². The molecule has 0 unspecified atom stereocenters. The number of carbonyl (C=O) groups excluding carboxylic acids is 1. The van der Waals surface area contributed by atoms with Crippen LogP contribution < -0.4 is 4.90 Å². The molecule has 0 aliphatic carbocycles. The number of ether oxygens (including phenoxy) is 1. The van der Waals surface area contributed by atoms with Crippen molar-refractivity contribution in [3.63, 3.8) is 0 Å². The Balaban J connectivity index is 2.34. The molecule has 0 aliphatic rings. The summed E-state index contributed by atoms with van der Waals surface area (Å²) in [5.74, 6) is -0.151. The molecular formula is C11H18N2O2S. The lowest BCUT2D eigenvalue weighted by Crippen LogP contribution is -2.19. The third-order valence-electron chi connectivity index (χ3n) is 2.33. The van der Waals surface area contributed by atoms with E-state index in [1.807, 2.05) is 7.05 Å². The second-order valence-corrected chi connectivity index (χ2v) is 4.41. The van der Waals surface area contributed by atoms with E-state index in [4.69, 9.17) is 0 Å². The van der Waals surface area contributed by atoms with E-state index >= 15 is 0 Å². The largest absolute Gasteiger partial charge is 0.469 e. The van der Waals surface area contributed by atoms with Crippen molar-refractivity contribution >= 4 is 22.4 Å². The Morgan fingerprint density at radius 3 is 2.94 bits per heavy atom. The van der Waals surface area contributed by atoms with Gasteiger partial charge in [-0.25, -0.2) is 4.98 Å². The molecule has 0 amide bonds. The normalized spacial score (nSPS) is 10.2. The van der Waals surface area contributed by atoms with Crippen LogP contribution in [0.15, 0.2) is 5.38 Å². The Labute approximate surface area is 100 Å². The summed E-state index contributed by atoms with van der Waals surface area (Å²) in [7, 11) is 3.41. The first-order valence-corrected chi connectivity index (χ1v) is 6.27. The van der Waals surface area contributed by atoms with E-state index in [0.717, 1.165) is 30.2 Å². The fourth-order valence-electron chi connectivity index (χ4n) is 1.29. The lowest BCUT2D eigenvalue weighted by molar-refractivity contribution is -0.140. The maximum Gasteiger partial charge on any atom is 0.305 e. The first-order valence-electron chi connectivity index (χ1n) is 5.39. The van der Waals surface area contributed by atoms with Crippen molar-refractivity contribution in [2.24, 2.45) is 0 Å². The molecule has 0 aliphatic heterocycles. The summed E-state index contributed by atoms with van der Waals surface area (Å²) in [5, 5.41) is 3.09. The summed E-state index contributed by atoms with van der Waals surface area (Å²) in [6.45, 7) is 2.92. The number of methoxy groups -OCH3 is 1. The average Bonchev–Trinajstić information content (AvgIpc) is 2.77. The van der Waals surface area contributed by atoms with Gasteiger partial charge in [0, 0.05) is 25.4 Å². The smallest absolute Gasteiger partial charge is 0.305 e. The molecule has 0 aromatic carbocycles. The maximum absolute atomic E-state index is 10.9. The van der Waals surface area contributed by atoms with Crippen molar-refractivity contribution < 1.29 is 9.53 Å². The molecule has 0 atom stereocenters. The fourth-order valence-corrected chi connectivity index (χ4v) is 2.19. The van der Waals surface area contributed by atoms with Crippen molar-refractivity contribution in [2.75, 3.05) is 25.6 Å². The number of rotatable bonds is 6. The standard InChI is InChI=1S/C11H18N2O2S/c1-4-9-8-16-11(12-9)13(2)7-5-6-10(14)15-3/h8H,4-7H2,1-3H3. The third kappa shape index (κ3) is 3.81. The SMILES string of the molecule is CCc1csc(N(C)CCCC(=O)OC)n1. The van der Waals surface area contributed by atoms with E-state index in [9.17, 15) is 4.79 Å². The van der Waals surface area contributed by atoms with Crippen LogP contribution >= 0.6 is 11.3 Å². The Morgan fingerprint density at radius 2 is 2.38 bits per heavy atom. The van der Waals surface area contributed by atoms with Gasteiger partial charge >= 0.3 is 5.97 Å². The lowest BCUT2D eigenvalue weighted by atomic mass is 10.3. The van der Waals surface area contributed by atoms with Gasteiger partial charge in [0.05, 0.1) is 12.8 Å². The maximum atomic E-state index is 10.9. The highest BCUT2D eigenvalue weighted by molar-refractivity contribution is 7.13. The molecule has 0 spiro atoms. The average molecular weight is 242 g/mol. The highest BCUT2D eigenvalue weighted by Gasteiger charge is 2.07. The molecule has 5 heteroatoms. The Kier molecular flexibility index (Phi) is 5.25. The molecular weight excluding hydrogens is 224 g/mol. The van der Waals surface area contributed by atoms with Crippen LogP contribution in [0.2, 0.25) is 0 Å². The molecule has 0 saturated carbocycles. The second-order valence-electron chi connectivity index (χ2n) is 3.58. The van der Waals surface area contributed by atoms with E-state index in [1.54, 1.807) is 11.3 Å². The molecule has 0 saturated heterocycles. The summed E-state index contributed by atoms with van der Waals surface area (Å²) in [6, 6.07) is 0. The van der Waals surface area contributed by atoms with Crippen LogP contribution in [0.5, 0.6) is 0 Å². The Hall–Kier alpha value is -1.10. The van der Waals surface area contributed by atoms with Crippen molar-refractivity contribution in [3.05, 3.63) is 11.1 Å². The number of nitrogens with zero attached hydrogens (tertiary/aromatic N) is 2. The second kappa shape index (κ2) is 6.48. The van der Waals surface area contributed by atoms with E-state index in [2.05, 4.69) is 26.9 Å². The number of esters is 1. The molecule has 1 rings (SSSR count). The monoisotopic (exact) mass is 242 g/mol. The van der Waals surface area contributed by atoms with Crippen molar-refractivity contribution in [1.29, 1.82) is 0 Å². The number of hydrogen-bond donors (Lipinski definition) is 0. The fraction of sp³-hybridized carbons (Fsp3) is 0.636. The van der Waals surface area contributed by atoms with Crippen LogP contribution in [0.1, 0.15) is 25.5 Å². The Morgan fingerprint density at radius 1 is 1.62 bits per heavy atom. The summed E-state index contributed by atoms with van der Waals surface area (Å²) in [4.78, 5) is 17.5. The van der Waals surface area contributed by atoms with Crippen molar-refractivity contribution in [3.8, 4) is 0 Å². The highest BCUT2D eigenvalue weighted by atomic mass is 32.1. The number of aromatic nitrogens is 1. The zero-order valence-electron chi connectivity index (χ0n) is 10.0. The predicted molar refractivity (Wildman–Crippen MR) is 66.0 cm³/mol. The number of thiazole rings is 1. The molecule has 4 nitrogen and oxygen atoms in total. The van der Waals surface area contributed by atoms with Gasteiger partial charge in [0.25, 0.3) is 0 Å². The van der Waals surface area contributed by atoms with Gasteiger partial charge in [-0.05, 0) is 12.8 Å². The van der Waals surface area contributed by atoms with Crippen LogP contribution in [0.3, 0.4) is 0 Å². The van der Waals surface area contributed by atoms with E-state index in [0.29, 0.717) is 6.42 Å². The van der Waals surface area contributed by atoms with E-state index < -0.39 is 0 Å². The van der Waals surface area contributed by atoms with Gasteiger partial charge < -0.3 is 9.64 Å². The zero-order chi connectivity index (χ0) is 12.0. The molecule has 0 bridgehead atoms. The molecule has 1 aromatic rings. The summed E-state index contributed by atoms with van der Waals surface area (Å²) in [6.07, 6.45) is 2.23. The number of aryl methyl sites for hydroxylation is 1. The van der Waals surface area contributed by atoms with Crippen LogP contribution in [0.25, 0.3) is 0 Å². The predicted octanol–water partition coefficient (Wildman–Crippen LogP) is 2.09. The van der Waals surface area contributed by atoms with Gasteiger partial charge in [-0.15, -0.1) is 11.3 Å². The third-order valence-corrected chi connectivity index (χ3v) is 3.33. The lowest BCUT2D eigenvalue weighted by Gasteiger charge is -2.14. The molecule has 0 radical (unpaired) electrons. The van der Waals surface area contributed by atoms with Crippen LogP contribution in [-0.4, -0.2) is 31.7 Å². The van der Waals surface area contributed by atoms with Gasteiger partial charge in [-0.2, -0.15) is 0 Å². The molecule has 0 N–H and O–H groups in total. The van der Waals surface area contributed by atoms with E-state index in [-0.39, 0.29) is 5.97 Å². The van der Waals surface area contributed by atoms with Crippen molar-refractivity contribution in [2.45, 2.75) is 26.2 Å². The van der Waals surface area contributed by atoms with Crippen LogP contribution in [-0.2, 0) is 16.0 Å². The van der Waals surface area contributed by atoms with Gasteiger partial charge in [0.2, 0.25) is 0 Å². The molecule has 0 fully saturated rings. The minimum Gasteiger partial charge on any atom is -0.469 e. The Bertz CT molecular complexity index is 338. The van der Waals surface area contributed by atoms with Gasteiger partial charge in [0.15, 0.2) is 5.13 Å². The minimum atomic E-state index is -0.151. The van der Waals surface area contributed by atoms with E-state index in [1.165, 1.54) is 7.11 Å². The molecule has 1 heterocycles. The van der Waals surface area contributed by atoms with Gasteiger partial charge in [-0.3, -0.25) is 4.79 Å². The first kappa shape index (κ1) is 13.0. The van der Waals surface area contributed by atoms with Crippen LogP contribution in [0.4, 0.5) is 5.13 Å². The topological polar surface area (TPSA) is 42.4 Å². The quantitative estimate of drug-likeness (QED) is 0.716. The molecule has 90 valence electrons. The first-order chi connectivity index (χ1) is 7.67. The number of carbonyl (C=O) groups is 1. The number of anilines is 1. The molecule has 1 aromatic heterocycles. The minimum absolute atomic E-state index is 0.151.